The van der Waals surface area contributed by atoms with Gasteiger partial charge in [-0.15, -0.1) is 10.2 Å². The number of aromatic nitrogens is 3. The number of nitrogens with two attached hydrogens (primary N) is 1. The Morgan fingerprint density at radius 1 is 1.59 bits per heavy atom. The first-order valence-electron chi connectivity index (χ1n) is 5.70. The normalized spacial score (nSPS) is 15.2. The summed E-state index contributed by atoms with van der Waals surface area (Å²) < 4.78 is 1.50. The molecule has 1 amide bonds. The van der Waals surface area contributed by atoms with Gasteiger partial charge in [0, 0.05) is 12.0 Å². The van der Waals surface area contributed by atoms with Crippen molar-refractivity contribution in [2.75, 3.05) is 11.6 Å². The molecule has 0 unspecified atom stereocenters. The van der Waals surface area contributed by atoms with Crippen LogP contribution in [0.5, 0.6) is 0 Å². The third kappa shape index (κ3) is 3.12. The van der Waals surface area contributed by atoms with Gasteiger partial charge in [0.1, 0.15) is 0 Å². The molecule has 0 aliphatic heterocycles. The predicted octanol–water partition coefficient (Wildman–Crippen LogP) is 0.486. The molecule has 2 rings (SSSR count). The van der Waals surface area contributed by atoms with Crippen LogP contribution in [0.25, 0.3) is 0 Å². The van der Waals surface area contributed by atoms with Crippen molar-refractivity contribution in [1.82, 2.24) is 20.2 Å². The molecule has 1 aromatic heterocycles. The maximum absolute atomic E-state index is 11.5. The number of rotatable bonds is 5. The summed E-state index contributed by atoms with van der Waals surface area (Å²) in [6, 6.07) is 0.154. The molecule has 1 aliphatic rings. The van der Waals surface area contributed by atoms with E-state index in [0.717, 1.165) is 18.7 Å². The van der Waals surface area contributed by atoms with Gasteiger partial charge < -0.3 is 11.2 Å². The topological polar surface area (TPSA) is 85.8 Å². The summed E-state index contributed by atoms with van der Waals surface area (Å²) in [6.07, 6.45) is 2.27. The van der Waals surface area contributed by atoms with Crippen molar-refractivity contribution in [3.05, 3.63) is 5.82 Å². The lowest BCUT2D eigenvalue weighted by Crippen LogP contribution is -2.31. The summed E-state index contributed by atoms with van der Waals surface area (Å²) in [5.74, 6) is 7.47. The molecule has 94 valence electrons. The van der Waals surface area contributed by atoms with Crippen LogP contribution in [-0.4, -0.2) is 32.6 Å². The standard InChI is InChI=1S/C10H17N5OS/c1-6(2)12-8(16)5-17-10-14-13-9(15(10)11)7-3-4-7/h6-7H,3-5,11H2,1-2H3,(H,12,16). The summed E-state index contributed by atoms with van der Waals surface area (Å²) in [7, 11) is 0. The van der Waals surface area contributed by atoms with Gasteiger partial charge in [-0.1, -0.05) is 11.8 Å². The number of carbonyl (C=O) groups is 1. The first-order valence-corrected chi connectivity index (χ1v) is 6.69. The van der Waals surface area contributed by atoms with E-state index in [-0.39, 0.29) is 11.9 Å². The van der Waals surface area contributed by atoms with Crippen LogP contribution < -0.4 is 11.2 Å². The van der Waals surface area contributed by atoms with Crippen molar-refractivity contribution in [1.29, 1.82) is 0 Å². The molecule has 1 heterocycles. The van der Waals surface area contributed by atoms with Crippen molar-refractivity contribution in [3.8, 4) is 0 Å². The van der Waals surface area contributed by atoms with E-state index in [0.29, 0.717) is 16.8 Å². The average molecular weight is 255 g/mol. The number of amides is 1. The van der Waals surface area contributed by atoms with Crippen molar-refractivity contribution in [2.24, 2.45) is 0 Å². The molecule has 1 fully saturated rings. The molecule has 3 N–H and O–H groups in total. The molecule has 17 heavy (non-hydrogen) atoms. The van der Waals surface area contributed by atoms with Crippen LogP contribution in [-0.2, 0) is 4.79 Å². The first kappa shape index (κ1) is 12.2. The molecule has 6 nitrogen and oxygen atoms in total. The van der Waals surface area contributed by atoms with E-state index >= 15 is 0 Å². The Kier molecular flexibility index (Phi) is 3.56. The van der Waals surface area contributed by atoms with Crippen LogP contribution in [0.4, 0.5) is 0 Å². The molecule has 0 spiro atoms. The minimum absolute atomic E-state index is 0.0130. The molecule has 1 aliphatic carbocycles. The van der Waals surface area contributed by atoms with Gasteiger partial charge in [0.05, 0.1) is 5.75 Å². The lowest BCUT2D eigenvalue weighted by Gasteiger charge is -2.07. The van der Waals surface area contributed by atoms with Gasteiger partial charge >= 0.3 is 0 Å². The fourth-order valence-corrected chi connectivity index (χ4v) is 2.18. The van der Waals surface area contributed by atoms with E-state index in [9.17, 15) is 4.79 Å². The summed E-state index contributed by atoms with van der Waals surface area (Å²) in [5.41, 5.74) is 0. The molecule has 0 aromatic carbocycles. The maximum Gasteiger partial charge on any atom is 0.230 e. The highest BCUT2D eigenvalue weighted by atomic mass is 32.2. The maximum atomic E-state index is 11.5. The highest BCUT2D eigenvalue weighted by molar-refractivity contribution is 7.99. The quantitative estimate of drug-likeness (QED) is 0.590. The molecular formula is C10H17N5OS. The van der Waals surface area contributed by atoms with E-state index < -0.39 is 0 Å². The van der Waals surface area contributed by atoms with Crippen molar-refractivity contribution in [3.63, 3.8) is 0 Å². The average Bonchev–Trinajstić information content (AvgIpc) is 3.00. The Morgan fingerprint density at radius 3 is 2.88 bits per heavy atom. The summed E-state index contributed by atoms with van der Waals surface area (Å²) in [6.45, 7) is 3.86. The zero-order valence-corrected chi connectivity index (χ0v) is 10.8. The molecule has 7 heteroatoms. The Morgan fingerprint density at radius 2 is 2.29 bits per heavy atom. The van der Waals surface area contributed by atoms with Gasteiger partial charge in [-0.3, -0.25) is 4.79 Å². The number of hydrogen-bond donors (Lipinski definition) is 2. The number of hydrogen-bond acceptors (Lipinski definition) is 5. The minimum atomic E-state index is -0.0130. The molecule has 0 atom stereocenters. The molecule has 0 saturated heterocycles. The third-order valence-electron chi connectivity index (χ3n) is 2.42. The highest BCUT2D eigenvalue weighted by Gasteiger charge is 2.29. The highest BCUT2D eigenvalue weighted by Crippen LogP contribution is 2.39. The van der Waals surface area contributed by atoms with Gasteiger partial charge in [-0.25, -0.2) is 4.68 Å². The fraction of sp³-hybridized carbons (Fsp3) is 0.700. The van der Waals surface area contributed by atoms with Crippen molar-refractivity contribution < 1.29 is 4.79 Å². The lowest BCUT2D eigenvalue weighted by molar-refractivity contribution is -0.119. The zero-order valence-electron chi connectivity index (χ0n) is 10.0. The van der Waals surface area contributed by atoms with Crippen LogP contribution in [0, 0.1) is 0 Å². The van der Waals surface area contributed by atoms with Crippen molar-refractivity contribution in [2.45, 2.75) is 43.8 Å². The Bertz CT molecular complexity index is 413. The number of nitrogen functional groups attached to an aromatic ring is 1. The monoisotopic (exact) mass is 255 g/mol. The number of carbonyl (C=O) groups excluding carboxylic acids is 1. The van der Waals surface area contributed by atoms with Gasteiger partial charge in [0.15, 0.2) is 5.82 Å². The van der Waals surface area contributed by atoms with E-state index in [2.05, 4.69) is 15.5 Å². The van der Waals surface area contributed by atoms with Crippen LogP contribution in [0.15, 0.2) is 5.16 Å². The molecule has 1 aromatic rings. The number of nitrogens with zero attached hydrogens (tertiary/aromatic N) is 3. The minimum Gasteiger partial charge on any atom is -0.353 e. The van der Waals surface area contributed by atoms with Crippen LogP contribution in [0.2, 0.25) is 0 Å². The van der Waals surface area contributed by atoms with Crippen LogP contribution in [0.3, 0.4) is 0 Å². The Balaban J connectivity index is 1.88. The second-order valence-electron chi connectivity index (χ2n) is 4.50. The predicted molar refractivity (Wildman–Crippen MR) is 66.2 cm³/mol. The summed E-state index contributed by atoms with van der Waals surface area (Å²) in [4.78, 5) is 11.5. The van der Waals surface area contributed by atoms with Crippen LogP contribution >= 0.6 is 11.8 Å². The van der Waals surface area contributed by atoms with Crippen LogP contribution in [0.1, 0.15) is 38.4 Å². The van der Waals surface area contributed by atoms with E-state index in [1.54, 1.807) is 0 Å². The fourth-order valence-electron chi connectivity index (χ4n) is 1.50. The zero-order chi connectivity index (χ0) is 12.4. The van der Waals surface area contributed by atoms with E-state index in [1.165, 1.54) is 16.4 Å². The third-order valence-corrected chi connectivity index (χ3v) is 3.36. The molecule has 0 radical (unpaired) electrons. The van der Waals surface area contributed by atoms with E-state index in [1.807, 2.05) is 13.8 Å². The first-order chi connectivity index (χ1) is 8.08. The second-order valence-corrected chi connectivity index (χ2v) is 5.44. The smallest absolute Gasteiger partial charge is 0.230 e. The number of thioether (sulfide) groups is 1. The number of nitrogens with one attached hydrogen (secondary N) is 1. The lowest BCUT2D eigenvalue weighted by atomic mass is 10.4. The second kappa shape index (κ2) is 4.95. The molecule has 0 bridgehead atoms. The molecule has 1 saturated carbocycles. The molecular weight excluding hydrogens is 238 g/mol. The largest absolute Gasteiger partial charge is 0.353 e. The van der Waals surface area contributed by atoms with E-state index in [4.69, 9.17) is 5.84 Å². The summed E-state index contributed by atoms with van der Waals surface area (Å²) >= 11 is 1.32. The van der Waals surface area contributed by atoms with Gasteiger partial charge in [-0.2, -0.15) is 0 Å². The van der Waals surface area contributed by atoms with Crippen molar-refractivity contribution >= 4 is 17.7 Å². The van der Waals surface area contributed by atoms with Gasteiger partial charge in [0.25, 0.3) is 0 Å². The SMILES string of the molecule is CC(C)NC(=O)CSc1nnc(C2CC2)n1N. The Hall–Kier alpha value is -1.24. The van der Waals surface area contributed by atoms with Gasteiger partial charge in [-0.05, 0) is 26.7 Å². The Labute approximate surface area is 104 Å². The summed E-state index contributed by atoms with van der Waals surface area (Å²) in [5, 5.41) is 11.5. The van der Waals surface area contributed by atoms with Gasteiger partial charge in [0.2, 0.25) is 11.1 Å².